The molecule has 0 aliphatic heterocycles. The van der Waals surface area contributed by atoms with Gasteiger partial charge in [-0.2, -0.15) is 0 Å². The summed E-state index contributed by atoms with van der Waals surface area (Å²) in [6.07, 6.45) is 4.95. The zero-order valence-electron chi connectivity index (χ0n) is 7.27. The average Bonchev–Trinajstić information content (AvgIpc) is 2.69. The van der Waals surface area contributed by atoms with E-state index in [0.29, 0.717) is 0 Å². The Bertz CT molecular complexity index is 405. The third-order valence-electron chi connectivity index (χ3n) is 1.92. The first kappa shape index (κ1) is 8.71. The first-order valence-corrected chi connectivity index (χ1v) is 5.57. The zero-order chi connectivity index (χ0) is 9.47. The Morgan fingerprint density at radius 3 is 2.77 bits per heavy atom. The fourth-order valence-electron chi connectivity index (χ4n) is 1.08. The minimum atomic E-state index is -3.38. The fourth-order valence-corrected chi connectivity index (χ4v) is 2.50. The molecule has 0 atom stereocenters. The predicted molar refractivity (Wildman–Crippen MR) is 46.6 cm³/mol. The van der Waals surface area contributed by atoms with E-state index in [1.165, 1.54) is 10.8 Å². The molecule has 1 aromatic rings. The molecule has 1 aliphatic carbocycles. The molecule has 1 saturated carbocycles. The summed E-state index contributed by atoms with van der Waals surface area (Å²) in [5.41, 5.74) is 0. The number of hydrogen-bond donors (Lipinski definition) is 1. The van der Waals surface area contributed by atoms with E-state index in [-0.39, 0.29) is 11.2 Å². The van der Waals surface area contributed by atoms with E-state index in [4.69, 9.17) is 0 Å². The lowest BCUT2D eigenvalue weighted by atomic mass is 10.8. The van der Waals surface area contributed by atoms with Crippen LogP contribution in [0.25, 0.3) is 0 Å². The van der Waals surface area contributed by atoms with Crippen LogP contribution in [-0.2, 0) is 17.1 Å². The Morgan fingerprint density at radius 1 is 1.62 bits per heavy atom. The van der Waals surface area contributed by atoms with Crippen LogP contribution in [0.4, 0.5) is 0 Å². The molecule has 1 fully saturated rings. The van der Waals surface area contributed by atoms with Crippen LogP contribution in [0, 0.1) is 0 Å². The van der Waals surface area contributed by atoms with Gasteiger partial charge in [0.1, 0.15) is 0 Å². The van der Waals surface area contributed by atoms with Gasteiger partial charge >= 0.3 is 0 Å². The van der Waals surface area contributed by atoms with Crippen LogP contribution in [-0.4, -0.2) is 24.0 Å². The van der Waals surface area contributed by atoms with Crippen molar-refractivity contribution in [3.8, 4) is 0 Å². The summed E-state index contributed by atoms with van der Waals surface area (Å²) in [5.74, 6) is 0. The van der Waals surface area contributed by atoms with Crippen molar-refractivity contribution in [1.29, 1.82) is 0 Å². The normalized spacial score (nSPS) is 17.6. The number of nitrogens with one attached hydrogen (secondary N) is 1. The second kappa shape index (κ2) is 2.81. The Balaban J connectivity index is 2.28. The molecule has 1 heterocycles. The lowest BCUT2D eigenvalue weighted by Crippen LogP contribution is -2.28. The van der Waals surface area contributed by atoms with E-state index in [1.807, 2.05) is 0 Å². The molecule has 0 bridgehead atoms. The summed E-state index contributed by atoms with van der Waals surface area (Å²) in [4.78, 5) is 3.78. The van der Waals surface area contributed by atoms with E-state index in [2.05, 4.69) is 9.71 Å². The van der Waals surface area contributed by atoms with Gasteiger partial charge in [-0.25, -0.2) is 18.1 Å². The zero-order valence-corrected chi connectivity index (χ0v) is 8.08. The Labute approximate surface area is 76.8 Å². The van der Waals surface area contributed by atoms with Gasteiger partial charge in [-0.15, -0.1) is 0 Å². The summed E-state index contributed by atoms with van der Waals surface area (Å²) < 4.78 is 27.2. The molecule has 0 saturated heterocycles. The molecule has 1 aromatic heterocycles. The number of hydrogen-bond acceptors (Lipinski definition) is 3. The van der Waals surface area contributed by atoms with Gasteiger partial charge in [0.05, 0.1) is 0 Å². The number of imidazole rings is 1. The minimum Gasteiger partial charge on any atom is -0.324 e. The largest absolute Gasteiger partial charge is 0.324 e. The highest BCUT2D eigenvalue weighted by molar-refractivity contribution is 7.89. The SMILES string of the molecule is Cn1ccnc1S(=O)(=O)NC1CC1. The third kappa shape index (κ3) is 1.73. The highest BCUT2D eigenvalue weighted by Crippen LogP contribution is 2.21. The maximum absolute atomic E-state index is 11.6. The molecule has 0 spiro atoms. The van der Waals surface area contributed by atoms with E-state index in [9.17, 15) is 8.42 Å². The monoisotopic (exact) mass is 201 g/mol. The first-order chi connectivity index (χ1) is 6.09. The van der Waals surface area contributed by atoms with E-state index in [1.54, 1.807) is 13.2 Å². The second-order valence-corrected chi connectivity index (χ2v) is 4.82. The van der Waals surface area contributed by atoms with Crippen LogP contribution in [0.5, 0.6) is 0 Å². The lowest BCUT2D eigenvalue weighted by Gasteiger charge is -2.03. The molecule has 13 heavy (non-hydrogen) atoms. The molecular weight excluding hydrogens is 190 g/mol. The minimum absolute atomic E-state index is 0.0828. The van der Waals surface area contributed by atoms with Crippen molar-refractivity contribution in [3.63, 3.8) is 0 Å². The van der Waals surface area contributed by atoms with Gasteiger partial charge in [-0.1, -0.05) is 0 Å². The molecule has 5 nitrogen and oxygen atoms in total. The van der Waals surface area contributed by atoms with Gasteiger partial charge in [0.2, 0.25) is 5.16 Å². The van der Waals surface area contributed by atoms with Crippen molar-refractivity contribution in [2.75, 3.05) is 0 Å². The summed E-state index contributed by atoms with van der Waals surface area (Å²) >= 11 is 0. The third-order valence-corrected chi connectivity index (χ3v) is 3.43. The van der Waals surface area contributed by atoms with Crippen LogP contribution in [0.3, 0.4) is 0 Å². The molecule has 0 radical (unpaired) electrons. The number of rotatable bonds is 3. The van der Waals surface area contributed by atoms with Crippen LogP contribution >= 0.6 is 0 Å². The van der Waals surface area contributed by atoms with Gasteiger partial charge in [0, 0.05) is 25.5 Å². The maximum atomic E-state index is 11.6. The van der Waals surface area contributed by atoms with Crippen LogP contribution in [0.15, 0.2) is 17.6 Å². The van der Waals surface area contributed by atoms with Gasteiger partial charge in [-0.3, -0.25) is 0 Å². The lowest BCUT2D eigenvalue weighted by molar-refractivity contribution is 0.564. The van der Waals surface area contributed by atoms with Gasteiger partial charge < -0.3 is 4.57 Å². The van der Waals surface area contributed by atoms with Crippen molar-refractivity contribution in [2.45, 2.75) is 24.0 Å². The second-order valence-electron chi connectivity index (χ2n) is 3.22. The molecule has 0 amide bonds. The standard InChI is InChI=1S/C7H11N3O2S/c1-10-5-4-8-7(10)13(11,12)9-6-2-3-6/h4-6,9H,2-3H2,1H3. The topological polar surface area (TPSA) is 64.0 Å². The average molecular weight is 201 g/mol. The van der Waals surface area contributed by atoms with Crippen molar-refractivity contribution in [2.24, 2.45) is 7.05 Å². The van der Waals surface area contributed by atoms with Crippen molar-refractivity contribution in [3.05, 3.63) is 12.4 Å². The Morgan fingerprint density at radius 2 is 2.31 bits per heavy atom. The maximum Gasteiger partial charge on any atom is 0.274 e. The van der Waals surface area contributed by atoms with Crippen LogP contribution < -0.4 is 4.72 Å². The molecule has 1 aliphatic rings. The van der Waals surface area contributed by atoms with Gasteiger partial charge in [0.15, 0.2) is 0 Å². The summed E-state index contributed by atoms with van der Waals surface area (Å²) in [7, 11) is -1.72. The fraction of sp³-hybridized carbons (Fsp3) is 0.571. The van der Waals surface area contributed by atoms with Crippen molar-refractivity contribution >= 4 is 10.0 Å². The van der Waals surface area contributed by atoms with Crippen LogP contribution in [0.1, 0.15) is 12.8 Å². The number of nitrogens with zero attached hydrogens (tertiary/aromatic N) is 2. The summed E-state index contributed by atoms with van der Waals surface area (Å²) in [5, 5.41) is 0.0828. The predicted octanol–water partition coefficient (Wildman–Crippen LogP) is -0.139. The van der Waals surface area contributed by atoms with Crippen LogP contribution in [0.2, 0.25) is 0 Å². The summed E-state index contributed by atoms with van der Waals surface area (Å²) in [6, 6.07) is 0.127. The quantitative estimate of drug-likeness (QED) is 0.740. The first-order valence-electron chi connectivity index (χ1n) is 4.09. The van der Waals surface area contributed by atoms with Crippen molar-refractivity contribution in [1.82, 2.24) is 14.3 Å². The number of aromatic nitrogens is 2. The van der Waals surface area contributed by atoms with Crippen molar-refractivity contribution < 1.29 is 8.42 Å². The molecular formula is C7H11N3O2S. The van der Waals surface area contributed by atoms with E-state index in [0.717, 1.165) is 12.8 Å². The molecule has 0 unspecified atom stereocenters. The van der Waals surface area contributed by atoms with Gasteiger partial charge in [-0.05, 0) is 12.8 Å². The number of aryl methyl sites for hydroxylation is 1. The molecule has 0 aromatic carbocycles. The molecule has 1 N–H and O–H groups in total. The highest BCUT2D eigenvalue weighted by Gasteiger charge is 2.29. The van der Waals surface area contributed by atoms with E-state index >= 15 is 0 Å². The summed E-state index contributed by atoms with van der Waals surface area (Å²) in [6.45, 7) is 0. The molecule has 72 valence electrons. The molecule has 6 heteroatoms. The Hall–Kier alpha value is -0.880. The van der Waals surface area contributed by atoms with Gasteiger partial charge in [0.25, 0.3) is 10.0 Å². The Kier molecular flexibility index (Phi) is 1.88. The highest BCUT2D eigenvalue weighted by atomic mass is 32.2. The number of sulfonamides is 1. The smallest absolute Gasteiger partial charge is 0.274 e. The van der Waals surface area contributed by atoms with E-state index < -0.39 is 10.0 Å². The molecule has 2 rings (SSSR count).